The average molecular weight is 266 g/mol. The summed E-state index contributed by atoms with van der Waals surface area (Å²) in [7, 11) is 0. The lowest BCUT2D eigenvalue weighted by Crippen LogP contribution is -2.35. The molecule has 1 aliphatic rings. The van der Waals surface area contributed by atoms with Gasteiger partial charge in [-0.05, 0) is 43.4 Å². The zero-order chi connectivity index (χ0) is 13.0. The third kappa shape index (κ3) is 3.35. The van der Waals surface area contributed by atoms with Gasteiger partial charge in [-0.15, -0.1) is 6.58 Å². The van der Waals surface area contributed by atoms with Gasteiger partial charge in [0.2, 0.25) is 0 Å². The van der Waals surface area contributed by atoms with E-state index in [0.29, 0.717) is 6.54 Å². The molecule has 0 saturated heterocycles. The van der Waals surface area contributed by atoms with E-state index in [4.69, 9.17) is 11.6 Å². The predicted molar refractivity (Wildman–Crippen MR) is 75.8 cm³/mol. The van der Waals surface area contributed by atoms with Crippen LogP contribution in [0.1, 0.15) is 31.2 Å². The molecule has 0 heterocycles. The molecule has 1 unspecified atom stereocenters. The Morgan fingerprint density at radius 2 is 2.28 bits per heavy atom. The van der Waals surface area contributed by atoms with E-state index in [1.165, 1.54) is 5.56 Å². The summed E-state index contributed by atoms with van der Waals surface area (Å²) >= 11 is 6.02. The first-order valence-corrected chi connectivity index (χ1v) is 6.84. The lowest BCUT2D eigenvalue weighted by atomic mass is 10.0. The van der Waals surface area contributed by atoms with Crippen LogP contribution in [-0.4, -0.2) is 17.8 Å². The fourth-order valence-electron chi connectivity index (χ4n) is 2.20. The average Bonchev–Trinajstić information content (AvgIpc) is 3.15. The summed E-state index contributed by atoms with van der Waals surface area (Å²) in [5, 5.41) is 14.1. The van der Waals surface area contributed by atoms with Crippen molar-refractivity contribution in [3.63, 3.8) is 0 Å². The van der Waals surface area contributed by atoms with Crippen LogP contribution < -0.4 is 5.32 Å². The van der Waals surface area contributed by atoms with Gasteiger partial charge < -0.3 is 10.4 Å². The monoisotopic (exact) mass is 265 g/mol. The minimum Gasteiger partial charge on any atom is -0.392 e. The highest BCUT2D eigenvalue weighted by Gasteiger charge is 2.43. The minimum absolute atomic E-state index is 0.0417. The second-order valence-electron chi connectivity index (χ2n) is 4.99. The quantitative estimate of drug-likeness (QED) is 0.742. The molecule has 0 aliphatic heterocycles. The van der Waals surface area contributed by atoms with Gasteiger partial charge in [-0.3, -0.25) is 0 Å². The second kappa shape index (κ2) is 5.87. The Bertz CT molecular complexity index is 415. The minimum atomic E-state index is -0.306. The highest BCUT2D eigenvalue weighted by atomic mass is 35.5. The van der Waals surface area contributed by atoms with Crippen molar-refractivity contribution in [2.75, 3.05) is 6.54 Å². The molecular formula is C15H20ClNO. The number of allylic oxidation sites excluding steroid dienone is 1. The number of aliphatic hydroxyl groups excluding tert-OH is 1. The number of nitrogens with one attached hydrogen (secondary N) is 1. The van der Waals surface area contributed by atoms with E-state index in [1.54, 1.807) is 0 Å². The fourth-order valence-corrected chi connectivity index (χ4v) is 2.39. The van der Waals surface area contributed by atoms with Crippen molar-refractivity contribution in [2.24, 2.45) is 0 Å². The maximum atomic E-state index is 9.84. The van der Waals surface area contributed by atoms with Crippen molar-refractivity contribution in [3.8, 4) is 0 Å². The Morgan fingerprint density at radius 1 is 1.50 bits per heavy atom. The summed E-state index contributed by atoms with van der Waals surface area (Å²) in [6, 6.07) is 7.98. The number of aliphatic hydroxyl groups is 1. The SMILES string of the molecule is C=CCCC(O)CNC1(c2cccc(Cl)c2)CC1. The first-order chi connectivity index (χ1) is 8.66. The van der Waals surface area contributed by atoms with Crippen LogP contribution in [0.25, 0.3) is 0 Å². The van der Waals surface area contributed by atoms with Crippen LogP contribution in [0.15, 0.2) is 36.9 Å². The fraction of sp³-hybridized carbons (Fsp3) is 0.467. The number of rotatable bonds is 7. The van der Waals surface area contributed by atoms with Crippen molar-refractivity contribution >= 4 is 11.6 Å². The Morgan fingerprint density at radius 3 is 2.89 bits per heavy atom. The van der Waals surface area contributed by atoms with E-state index < -0.39 is 0 Å². The van der Waals surface area contributed by atoms with E-state index in [2.05, 4.69) is 18.0 Å². The smallest absolute Gasteiger partial charge is 0.0667 e. The molecule has 1 aromatic carbocycles. The molecule has 2 nitrogen and oxygen atoms in total. The van der Waals surface area contributed by atoms with Gasteiger partial charge in [-0.1, -0.05) is 29.8 Å². The number of hydrogen-bond donors (Lipinski definition) is 2. The van der Waals surface area contributed by atoms with Crippen LogP contribution >= 0.6 is 11.6 Å². The zero-order valence-electron chi connectivity index (χ0n) is 10.5. The highest BCUT2D eigenvalue weighted by molar-refractivity contribution is 6.30. The topological polar surface area (TPSA) is 32.3 Å². The molecule has 0 amide bonds. The van der Waals surface area contributed by atoms with E-state index >= 15 is 0 Å². The molecule has 2 rings (SSSR count). The van der Waals surface area contributed by atoms with Crippen LogP contribution in [0, 0.1) is 0 Å². The van der Waals surface area contributed by atoms with Gasteiger partial charge in [0.1, 0.15) is 0 Å². The van der Waals surface area contributed by atoms with Crippen LogP contribution in [0.4, 0.5) is 0 Å². The van der Waals surface area contributed by atoms with Gasteiger partial charge in [0.25, 0.3) is 0 Å². The molecule has 0 bridgehead atoms. The van der Waals surface area contributed by atoms with Crippen LogP contribution in [0.2, 0.25) is 5.02 Å². The third-order valence-electron chi connectivity index (χ3n) is 3.51. The Labute approximate surface area is 114 Å². The zero-order valence-corrected chi connectivity index (χ0v) is 11.3. The van der Waals surface area contributed by atoms with Gasteiger partial charge in [-0.2, -0.15) is 0 Å². The lowest BCUT2D eigenvalue weighted by molar-refractivity contribution is 0.156. The Balaban J connectivity index is 1.90. The number of benzene rings is 1. The molecular weight excluding hydrogens is 246 g/mol. The summed E-state index contributed by atoms with van der Waals surface area (Å²) in [5.41, 5.74) is 1.27. The largest absolute Gasteiger partial charge is 0.392 e. The number of hydrogen-bond acceptors (Lipinski definition) is 2. The first-order valence-electron chi connectivity index (χ1n) is 6.46. The lowest BCUT2D eigenvalue weighted by Gasteiger charge is -2.20. The van der Waals surface area contributed by atoms with Crippen LogP contribution in [0.3, 0.4) is 0 Å². The molecule has 0 aromatic heterocycles. The summed E-state index contributed by atoms with van der Waals surface area (Å²) in [6.45, 7) is 4.29. The molecule has 2 N–H and O–H groups in total. The first kappa shape index (κ1) is 13.6. The maximum absolute atomic E-state index is 9.84. The van der Waals surface area contributed by atoms with Gasteiger partial charge in [-0.25, -0.2) is 0 Å². The maximum Gasteiger partial charge on any atom is 0.0667 e. The molecule has 1 aliphatic carbocycles. The van der Waals surface area contributed by atoms with Crippen molar-refractivity contribution in [1.29, 1.82) is 0 Å². The normalized spacial score (nSPS) is 18.3. The molecule has 0 radical (unpaired) electrons. The standard InChI is InChI=1S/C15H20ClNO/c1-2-3-7-14(18)11-17-15(8-9-15)12-5-4-6-13(16)10-12/h2,4-6,10,14,17-18H,1,3,7-9,11H2. The third-order valence-corrected chi connectivity index (χ3v) is 3.74. The summed E-state index contributed by atoms with van der Waals surface area (Å²) < 4.78 is 0. The molecule has 1 fully saturated rings. The Hall–Kier alpha value is -0.830. The van der Waals surface area contributed by atoms with Gasteiger partial charge in [0, 0.05) is 17.1 Å². The molecule has 18 heavy (non-hydrogen) atoms. The highest BCUT2D eigenvalue weighted by Crippen LogP contribution is 2.45. The van der Waals surface area contributed by atoms with Gasteiger partial charge in [0.05, 0.1) is 6.10 Å². The van der Waals surface area contributed by atoms with Gasteiger partial charge >= 0.3 is 0 Å². The summed E-state index contributed by atoms with van der Waals surface area (Å²) in [6.07, 6.45) is 5.38. The van der Waals surface area contributed by atoms with Crippen LogP contribution in [0.5, 0.6) is 0 Å². The Kier molecular flexibility index (Phi) is 4.44. The second-order valence-corrected chi connectivity index (χ2v) is 5.43. The van der Waals surface area contributed by atoms with Crippen molar-refractivity contribution < 1.29 is 5.11 Å². The molecule has 3 heteroatoms. The molecule has 1 saturated carbocycles. The predicted octanol–water partition coefficient (Wildman–Crippen LogP) is 3.25. The molecule has 98 valence electrons. The van der Waals surface area contributed by atoms with E-state index in [1.807, 2.05) is 24.3 Å². The van der Waals surface area contributed by atoms with E-state index in [-0.39, 0.29) is 11.6 Å². The molecule has 1 atom stereocenters. The molecule has 0 spiro atoms. The van der Waals surface area contributed by atoms with E-state index in [9.17, 15) is 5.11 Å². The van der Waals surface area contributed by atoms with Crippen LogP contribution in [-0.2, 0) is 5.54 Å². The summed E-state index contributed by atoms with van der Waals surface area (Å²) in [5.74, 6) is 0. The number of halogens is 1. The summed E-state index contributed by atoms with van der Waals surface area (Å²) in [4.78, 5) is 0. The van der Waals surface area contributed by atoms with Crippen molar-refractivity contribution in [2.45, 2.75) is 37.3 Å². The van der Waals surface area contributed by atoms with E-state index in [0.717, 1.165) is 30.7 Å². The molecule has 1 aromatic rings. The van der Waals surface area contributed by atoms with Crippen molar-refractivity contribution in [3.05, 3.63) is 47.5 Å². The van der Waals surface area contributed by atoms with Crippen molar-refractivity contribution in [1.82, 2.24) is 5.32 Å². The van der Waals surface area contributed by atoms with Gasteiger partial charge in [0.15, 0.2) is 0 Å².